The largest absolute Gasteiger partial charge is 0.493 e. The highest BCUT2D eigenvalue weighted by atomic mass is 16.5. The van der Waals surface area contributed by atoms with E-state index >= 15 is 0 Å². The average molecular weight is 356 g/mol. The van der Waals surface area contributed by atoms with Gasteiger partial charge >= 0.3 is 6.03 Å². The first kappa shape index (κ1) is 18.1. The van der Waals surface area contributed by atoms with Crippen molar-refractivity contribution in [3.8, 4) is 11.5 Å². The van der Waals surface area contributed by atoms with Gasteiger partial charge in [-0.25, -0.2) is 4.79 Å². The molecule has 3 N–H and O–H groups in total. The summed E-state index contributed by atoms with van der Waals surface area (Å²) in [5.41, 5.74) is 1.97. The Kier molecular flexibility index (Phi) is 5.32. The highest BCUT2D eigenvalue weighted by Gasteiger charge is 2.32. The van der Waals surface area contributed by atoms with Crippen LogP contribution in [-0.4, -0.2) is 37.5 Å². The molecule has 1 atom stereocenters. The number of para-hydroxylation sites is 1. The molecule has 2 amide bonds. The topological polar surface area (TPSA) is 79.8 Å². The van der Waals surface area contributed by atoms with Gasteiger partial charge in [-0.15, -0.1) is 0 Å². The van der Waals surface area contributed by atoms with Crippen LogP contribution < -0.4 is 20.1 Å². The first-order valence-corrected chi connectivity index (χ1v) is 8.60. The maximum absolute atomic E-state index is 12.3. The number of anilines is 1. The summed E-state index contributed by atoms with van der Waals surface area (Å²) in [5.74, 6) is 0.989. The molecule has 6 heteroatoms. The van der Waals surface area contributed by atoms with Gasteiger partial charge in [0.25, 0.3) is 0 Å². The van der Waals surface area contributed by atoms with E-state index in [0.717, 1.165) is 12.0 Å². The van der Waals surface area contributed by atoms with E-state index in [4.69, 9.17) is 9.47 Å². The third-order valence-corrected chi connectivity index (χ3v) is 4.73. The number of methoxy groups -OCH3 is 2. The van der Waals surface area contributed by atoms with Crippen molar-refractivity contribution >= 4 is 11.7 Å². The monoisotopic (exact) mass is 356 g/mol. The summed E-state index contributed by atoms with van der Waals surface area (Å²) in [4.78, 5) is 12.3. The van der Waals surface area contributed by atoms with E-state index in [-0.39, 0.29) is 6.54 Å². The lowest BCUT2D eigenvalue weighted by atomic mass is 9.80. The molecular weight excluding hydrogens is 332 g/mol. The minimum atomic E-state index is -0.940. The lowest BCUT2D eigenvalue weighted by molar-refractivity contribution is 0.0295. The second kappa shape index (κ2) is 7.66. The van der Waals surface area contributed by atoms with Crippen molar-refractivity contribution in [2.24, 2.45) is 0 Å². The van der Waals surface area contributed by atoms with Crippen molar-refractivity contribution in [2.75, 3.05) is 26.1 Å². The van der Waals surface area contributed by atoms with Crippen LogP contribution in [0.25, 0.3) is 0 Å². The van der Waals surface area contributed by atoms with Gasteiger partial charge in [-0.3, -0.25) is 0 Å². The van der Waals surface area contributed by atoms with Crippen LogP contribution in [0.5, 0.6) is 11.5 Å². The molecule has 1 unspecified atom stereocenters. The van der Waals surface area contributed by atoms with Crippen molar-refractivity contribution in [3.05, 3.63) is 53.6 Å². The smallest absolute Gasteiger partial charge is 0.319 e. The van der Waals surface area contributed by atoms with E-state index in [1.165, 1.54) is 19.8 Å². The van der Waals surface area contributed by atoms with Gasteiger partial charge in [0.05, 0.1) is 25.5 Å². The van der Waals surface area contributed by atoms with Crippen LogP contribution in [0.15, 0.2) is 42.5 Å². The summed E-state index contributed by atoms with van der Waals surface area (Å²) in [6, 6.07) is 12.9. The number of nitrogens with one attached hydrogen (secondary N) is 2. The van der Waals surface area contributed by atoms with Crippen LogP contribution in [0, 0.1) is 0 Å². The minimum Gasteiger partial charge on any atom is -0.493 e. The number of rotatable bonds is 5. The molecule has 0 aliphatic heterocycles. The van der Waals surface area contributed by atoms with Crippen LogP contribution >= 0.6 is 0 Å². The Hall–Kier alpha value is -2.73. The van der Waals surface area contributed by atoms with Crippen LogP contribution in [0.1, 0.15) is 17.5 Å². The third-order valence-electron chi connectivity index (χ3n) is 4.73. The predicted molar refractivity (Wildman–Crippen MR) is 100.0 cm³/mol. The zero-order valence-corrected chi connectivity index (χ0v) is 15.0. The number of fused-ring (bicyclic) bond motifs is 1. The van der Waals surface area contributed by atoms with E-state index in [1.807, 2.05) is 18.2 Å². The third kappa shape index (κ3) is 3.91. The molecule has 0 fully saturated rings. The molecule has 26 heavy (non-hydrogen) atoms. The number of aryl methyl sites for hydroxylation is 1. The Morgan fingerprint density at radius 2 is 1.88 bits per heavy atom. The standard InChI is InChI=1S/C20H24N2O4/c1-25-17-9-5-8-16(18(17)26-2)22-19(23)21-13-20(24)11-10-14-6-3-4-7-15(14)12-20/h3-9,24H,10-13H2,1-2H3,(H2,21,22,23). The minimum absolute atomic E-state index is 0.180. The van der Waals surface area contributed by atoms with Gasteiger partial charge in [-0.2, -0.15) is 0 Å². The SMILES string of the molecule is COc1cccc(NC(=O)NCC2(O)CCc3ccccc3C2)c1OC. The molecule has 2 aromatic carbocycles. The second-order valence-electron chi connectivity index (χ2n) is 6.52. The van der Waals surface area contributed by atoms with Gasteiger partial charge in [-0.1, -0.05) is 30.3 Å². The van der Waals surface area contributed by atoms with Crippen molar-refractivity contribution in [3.63, 3.8) is 0 Å². The molecule has 1 aliphatic rings. The molecule has 1 aliphatic carbocycles. The summed E-state index contributed by atoms with van der Waals surface area (Å²) < 4.78 is 10.5. The Labute approximate surface area is 153 Å². The molecule has 0 heterocycles. The molecule has 0 saturated carbocycles. The van der Waals surface area contributed by atoms with Crippen molar-refractivity contribution < 1.29 is 19.4 Å². The lowest BCUT2D eigenvalue weighted by Gasteiger charge is -2.33. The Morgan fingerprint density at radius 1 is 1.12 bits per heavy atom. The number of hydrogen-bond donors (Lipinski definition) is 3. The van der Waals surface area contributed by atoms with Crippen LogP contribution in [0.3, 0.4) is 0 Å². The van der Waals surface area contributed by atoms with Gasteiger partial charge in [-0.05, 0) is 36.1 Å². The van der Waals surface area contributed by atoms with Gasteiger partial charge < -0.3 is 25.2 Å². The van der Waals surface area contributed by atoms with E-state index in [0.29, 0.717) is 30.0 Å². The highest BCUT2D eigenvalue weighted by molar-refractivity contribution is 5.91. The Morgan fingerprint density at radius 3 is 2.62 bits per heavy atom. The van der Waals surface area contributed by atoms with Gasteiger partial charge in [0, 0.05) is 13.0 Å². The van der Waals surface area contributed by atoms with E-state index in [9.17, 15) is 9.90 Å². The summed E-state index contributed by atoms with van der Waals surface area (Å²) >= 11 is 0. The fourth-order valence-electron chi connectivity index (χ4n) is 3.33. The number of benzene rings is 2. The molecule has 138 valence electrons. The fourth-order valence-corrected chi connectivity index (χ4v) is 3.33. The van der Waals surface area contributed by atoms with Gasteiger partial charge in [0.1, 0.15) is 0 Å². The maximum Gasteiger partial charge on any atom is 0.319 e. The molecular formula is C20H24N2O4. The number of urea groups is 1. The average Bonchev–Trinajstić information content (AvgIpc) is 2.66. The Bertz CT molecular complexity index is 793. The summed E-state index contributed by atoms with van der Waals surface area (Å²) in [5, 5.41) is 16.3. The van der Waals surface area contributed by atoms with E-state index in [1.54, 1.807) is 18.2 Å². The summed E-state index contributed by atoms with van der Waals surface area (Å²) in [7, 11) is 3.06. The first-order chi connectivity index (χ1) is 12.5. The van der Waals surface area contributed by atoms with Crippen molar-refractivity contribution in [1.82, 2.24) is 5.32 Å². The van der Waals surface area contributed by atoms with Crippen molar-refractivity contribution in [1.29, 1.82) is 0 Å². The van der Waals surface area contributed by atoms with E-state index in [2.05, 4.69) is 16.7 Å². The van der Waals surface area contributed by atoms with Crippen molar-refractivity contribution in [2.45, 2.75) is 24.9 Å². The predicted octanol–water partition coefficient (Wildman–Crippen LogP) is 2.75. The van der Waals surface area contributed by atoms with Gasteiger partial charge in [0.2, 0.25) is 0 Å². The normalized spacial score (nSPS) is 18.6. The Balaban J connectivity index is 1.61. The quantitative estimate of drug-likeness (QED) is 0.770. The maximum atomic E-state index is 12.3. The fraction of sp³-hybridized carbons (Fsp3) is 0.350. The molecule has 2 aromatic rings. The number of aliphatic hydroxyl groups is 1. The zero-order chi connectivity index (χ0) is 18.6. The van der Waals surface area contributed by atoms with E-state index < -0.39 is 11.6 Å². The summed E-state index contributed by atoms with van der Waals surface area (Å²) in [6.07, 6.45) is 1.96. The van der Waals surface area contributed by atoms with Gasteiger partial charge in [0.15, 0.2) is 11.5 Å². The zero-order valence-electron chi connectivity index (χ0n) is 15.0. The second-order valence-corrected chi connectivity index (χ2v) is 6.52. The summed E-state index contributed by atoms with van der Waals surface area (Å²) in [6.45, 7) is 0.180. The van der Waals surface area contributed by atoms with Crippen LogP contribution in [0.2, 0.25) is 0 Å². The number of hydrogen-bond acceptors (Lipinski definition) is 4. The molecule has 0 saturated heterocycles. The highest BCUT2D eigenvalue weighted by Crippen LogP contribution is 2.34. The molecule has 6 nitrogen and oxygen atoms in total. The van der Waals surface area contributed by atoms with Crippen LogP contribution in [0.4, 0.5) is 10.5 Å². The number of carbonyl (C=O) groups excluding carboxylic acids is 1. The first-order valence-electron chi connectivity index (χ1n) is 8.60. The number of ether oxygens (including phenoxy) is 2. The molecule has 0 bridgehead atoms. The number of amides is 2. The molecule has 3 rings (SSSR count). The molecule has 0 spiro atoms. The lowest BCUT2D eigenvalue weighted by Crippen LogP contribution is -2.47. The molecule has 0 radical (unpaired) electrons. The van der Waals surface area contributed by atoms with Crippen LogP contribution in [-0.2, 0) is 12.8 Å². The number of carbonyl (C=O) groups is 1. The molecule has 0 aromatic heterocycles.